The van der Waals surface area contributed by atoms with Crippen LogP contribution in [0.2, 0.25) is 0 Å². The maximum atomic E-state index is 12.6. The molecule has 1 unspecified atom stereocenters. The third-order valence-electron chi connectivity index (χ3n) is 8.21. The van der Waals surface area contributed by atoms with Gasteiger partial charge in [-0.3, -0.25) is 18.6 Å². The van der Waals surface area contributed by atoms with Gasteiger partial charge in [0.25, 0.3) is 0 Å². The topological polar surface area (TPSA) is 210 Å². The van der Waals surface area contributed by atoms with Gasteiger partial charge >= 0.3 is 19.8 Å². The summed E-state index contributed by atoms with van der Waals surface area (Å²) in [6.45, 7) is 4.03. The third-order valence-corrected chi connectivity index (χ3v) is 9.16. The van der Waals surface area contributed by atoms with Gasteiger partial charge in [0.15, 0.2) is 6.10 Å². The lowest BCUT2D eigenvalue weighted by Gasteiger charge is -2.20. The van der Waals surface area contributed by atoms with Crippen LogP contribution in [0.5, 0.6) is 0 Å². The molecule has 0 heterocycles. The fourth-order valence-electron chi connectivity index (χ4n) is 4.99. The van der Waals surface area contributed by atoms with Crippen molar-refractivity contribution in [1.29, 1.82) is 0 Å². The van der Waals surface area contributed by atoms with E-state index in [1.54, 1.807) is 42.5 Å². The van der Waals surface area contributed by atoms with E-state index in [0.29, 0.717) is 12.8 Å². The van der Waals surface area contributed by atoms with Gasteiger partial charge in [0, 0.05) is 12.8 Å². The van der Waals surface area contributed by atoms with Gasteiger partial charge in [-0.05, 0) is 38.0 Å². The van der Waals surface area contributed by atoms with Gasteiger partial charge in [-0.2, -0.15) is 0 Å². The van der Waals surface area contributed by atoms with E-state index in [2.05, 4.69) is 18.4 Å². The van der Waals surface area contributed by atoms with Gasteiger partial charge < -0.3 is 39.9 Å². The predicted molar refractivity (Wildman–Crippen MR) is 214 cm³/mol. The highest BCUT2D eigenvalue weighted by atomic mass is 31.2. The fraction of sp³-hybridized carbons (Fsp3) is 0.707. The summed E-state index contributed by atoms with van der Waals surface area (Å²) in [6.07, 6.45) is 24.4. The second kappa shape index (κ2) is 34.8. The van der Waals surface area contributed by atoms with Crippen LogP contribution in [0.1, 0.15) is 124 Å². The molecule has 0 aromatic rings. The average Bonchev–Trinajstić information content (AvgIpc) is 3.14. The molecule has 55 heavy (non-hydrogen) atoms. The summed E-state index contributed by atoms with van der Waals surface area (Å²) in [5.74, 6) is -0.517. The standard InChI is InChI=1S/C41H71O13P/c1-4-5-17-24-35(43)25-19-14-11-12-15-20-26-38(45)39(46)27-22-29-40(47)51-32-37(33-53-55(49,50)52-31-36(44)30-42)54-41(48)28-21-16-10-8-6-7-9-13-18-23-34(2)3/h5,11-12,14-15,17,19-20,25-26,34-39,42-46H,4,6-10,13,16,18,21-24,27-33H2,1-3H3,(H,49,50)/b14-11+,15-12-,17-5-,25-19+,26-20-/t35-,36+,37-,38+,39+/m1/s1. The summed E-state index contributed by atoms with van der Waals surface area (Å²) < 4.78 is 32.4. The van der Waals surface area contributed by atoms with Crippen LogP contribution in [0.3, 0.4) is 0 Å². The quantitative estimate of drug-likeness (QED) is 0.0130. The number of unbranched alkanes of at least 4 members (excludes halogenated alkanes) is 8. The minimum Gasteiger partial charge on any atom is -0.462 e. The molecule has 0 rings (SSSR count). The first kappa shape index (κ1) is 52.6. The number of esters is 2. The highest BCUT2D eigenvalue weighted by Gasteiger charge is 2.27. The molecule has 0 aliphatic heterocycles. The number of carbonyl (C=O) groups is 2. The van der Waals surface area contributed by atoms with Crippen molar-refractivity contribution < 1.29 is 63.1 Å². The molecule has 14 heteroatoms. The Balaban J connectivity index is 4.70. The van der Waals surface area contributed by atoms with Crippen molar-refractivity contribution in [3.8, 4) is 0 Å². The summed E-state index contributed by atoms with van der Waals surface area (Å²) >= 11 is 0. The van der Waals surface area contributed by atoms with Gasteiger partial charge in [-0.25, -0.2) is 4.57 Å². The normalized spacial score (nSPS) is 16.4. The van der Waals surface area contributed by atoms with Gasteiger partial charge in [0.2, 0.25) is 0 Å². The van der Waals surface area contributed by atoms with E-state index in [1.165, 1.54) is 38.2 Å². The minimum absolute atomic E-state index is 0.0926. The summed E-state index contributed by atoms with van der Waals surface area (Å²) in [7, 11) is -4.70. The van der Waals surface area contributed by atoms with Crippen LogP contribution in [-0.2, 0) is 32.7 Å². The van der Waals surface area contributed by atoms with Crippen molar-refractivity contribution in [2.24, 2.45) is 5.92 Å². The van der Waals surface area contributed by atoms with Crippen LogP contribution >= 0.6 is 7.82 Å². The number of hydrogen-bond acceptors (Lipinski definition) is 12. The van der Waals surface area contributed by atoms with Crippen molar-refractivity contribution in [3.05, 3.63) is 60.8 Å². The largest absolute Gasteiger partial charge is 0.472 e. The average molecular weight is 803 g/mol. The first-order valence-corrected chi connectivity index (χ1v) is 21.4. The number of carbonyl (C=O) groups excluding carboxylic acids is 2. The first-order chi connectivity index (χ1) is 26.3. The molecule has 6 atom stereocenters. The van der Waals surface area contributed by atoms with Crippen LogP contribution in [0, 0.1) is 5.92 Å². The van der Waals surface area contributed by atoms with Crippen LogP contribution in [0.25, 0.3) is 0 Å². The number of rotatable bonds is 35. The van der Waals surface area contributed by atoms with E-state index in [9.17, 15) is 39.5 Å². The number of aliphatic hydroxyl groups excluding tert-OH is 5. The highest BCUT2D eigenvalue weighted by Crippen LogP contribution is 2.43. The van der Waals surface area contributed by atoms with Crippen LogP contribution in [0.15, 0.2) is 60.8 Å². The number of aliphatic hydroxyl groups is 5. The second-order valence-corrected chi connectivity index (χ2v) is 15.4. The molecular formula is C41H71O13P. The van der Waals surface area contributed by atoms with E-state index in [0.717, 1.165) is 38.0 Å². The van der Waals surface area contributed by atoms with E-state index in [4.69, 9.17) is 19.1 Å². The van der Waals surface area contributed by atoms with Crippen molar-refractivity contribution >= 4 is 19.8 Å². The number of allylic oxidation sites excluding steroid dienone is 7. The van der Waals surface area contributed by atoms with Crippen molar-refractivity contribution in [1.82, 2.24) is 0 Å². The fourth-order valence-corrected chi connectivity index (χ4v) is 5.78. The zero-order valence-corrected chi connectivity index (χ0v) is 34.3. The molecule has 0 bridgehead atoms. The zero-order valence-electron chi connectivity index (χ0n) is 33.4. The lowest BCUT2D eigenvalue weighted by molar-refractivity contribution is -0.161. The van der Waals surface area contributed by atoms with Crippen molar-refractivity contribution in [2.75, 3.05) is 26.4 Å². The lowest BCUT2D eigenvalue weighted by Crippen LogP contribution is -2.30. The third kappa shape index (κ3) is 34.5. The van der Waals surface area contributed by atoms with Crippen molar-refractivity contribution in [2.45, 2.75) is 154 Å². The van der Waals surface area contributed by atoms with E-state index in [1.807, 2.05) is 19.1 Å². The molecule has 0 radical (unpaired) electrons. The lowest BCUT2D eigenvalue weighted by atomic mass is 10.0. The monoisotopic (exact) mass is 802 g/mol. The molecule has 0 aromatic heterocycles. The summed E-state index contributed by atoms with van der Waals surface area (Å²) in [5.41, 5.74) is 0. The van der Waals surface area contributed by atoms with Crippen LogP contribution in [0.4, 0.5) is 0 Å². The molecule has 0 saturated heterocycles. The molecule has 0 fully saturated rings. The summed E-state index contributed by atoms with van der Waals surface area (Å²) in [5, 5.41) is 48.6. The van der Waals surface area contributed by atoms with E-state index < -0.39 is 76.7 Å². The highest BCUT2D eigenvalue weighted by molar-refractivity contribution is 7.47. The Kier molecular flexibility index (Phi) is 33.2. The Bertz CT molecular complexity index is 1170. The van der Waals surface area contributed by atoms with E-state index in [-0.39, 0.29) is 25.7 Å². The molecule has 0 amide bonds. The maximum Gasteiger partial charge on any atom is 0.472 e. The SMILES string of the molecule is CC/C=C\C[C@@H](O)/C=C/C=C/C=C\C=C/[C@H](O)[C@@H](O)CCCC(=O)OC[C@H](COP(=O)(O)OC[C@@H](O)CO)OC(=O)CCCCCCCCCCCC(C)C. The van der Waals surface area contributed by atoms with Crippen LogP contribution in [-0.4, -0.2) is 99.3 Å². The van der Waals surface area contributed by atoms with Crippen molar-refractivity contribution in [3.63, 3.8) is 0 Å². The minimum atomic E-state index is -4.70. The number of hydrogen-bond donors (Lipinski definition) is 6. The summed E-state index contributed by atoms with van der Waals surface area (Å²) in [6, 6.07) is 0. The van der Waals surface area contributed by atoms with Gasteiger partial charge in [0.05, 0.1) is 38.1 Å². The predicted octanol–water partition coefficient (Wildman–Crippen LogP) is 6.71. The van der Waals surface area contributed by atoms with Gasteiger partial charge in [-0.1, -0.05) is 139 Å². The number of ether oxygens (including phenoxy) is 2. The summed E-state index contributed by atoms with van der Waals surface area (Å²) in [4.78, 5) is 34.9. The molecule has 6 N–H and O–H groups in total. The Morgan fingerprint density at radius 1 is 0.673 bits per heavy atom. The maximum absolute atomic E-state index is 12.6. The van der Waals surface area contributed by atoms with Crippen LogP contribution < -0.4 is 0 Å². The molecule has 0 saturated carbocycles. The molecular weight excluding hydrogens is 731 g/mol. The smallest absolute Gasteiger partial charge is 0.462 e. The molecule has 0 aliphatic rings. The Hall–Kier alpha value is -2.45. The molecule has 13 nitrogen and oxygen atoms in total. The van der Waals surface area contributed by atoms with Gasteiger partial charge in [0.1, 0.15) is 12.7 Å². The zero-order chi connectivity index (χ0) is 41.2. The Morgan fingerprint density at radius 2 is 1.24 bits per heavy atom. The Labute approximate surface area is 329 Å². The molecule has 0 aromatic carbocycles. The van der Waals surface area contributed by atoms with E-state index >= 15 is 0 Å². The second-order valence-electron chi connectivity index (χ2n) is 14.0. The van der Waals surface area contributed by atoms with Gasteiger partial charge in [-0.15, -0.1) is 0 Å². The molecule has 0 aliphatic carbocycles. The number of phosphoric ester groups is 1. The molecule has 318 valence electrons. The molecule has 0 spiro atoms. The Morgan fingerprint density at radius 3 is 1.85 bits per heavy atom. The first-order valence-electron chi connectivity index (χ1n) is 19.9. The number of phosphoric acid groups is 1.